The highest BCUT2D eigenvalue weighted by Gasteiger charge is 2.51. The lowest BCUT2D eigenvalue weighted by atomic mass is 9.95. The van der Waals surface area contributed by atoms with Gasteiger partial charge in [-0.05, 0) is 67.6 Å². The molecule has 15 heteroatoms. The van der Waals surface area contributed by atoms with Gasteiger partial charge in [-0.1, -0.05) is 36.4 Å². The Morgan fingerprint density at radius 2 is 1.57 bits per heavy atom. The fourth-order valence-electron chi connectivity index (χ4n) is 6.08. The Balaban J connectivity index is 0.000000249. The molecule has 3 aromatic carbocycles. The van der Waals surface area contributed by atoms with E-state index in [4.69, 9.17) is 14.2 Å². The number of nitrogens with one attached hydrogen (secondary N) is 4. The van der Waals surface area contributed by atoms with E-state index in [0.29, 0.717) is 19.6 Å². The van der Waals surface area contributed by atoms with E-state index in [1.54, 1.807) is 26.3 Å². The van der Waals surface area contributed by atoms with Crippen LogP contribution in [0.5, 0.6) is 17.2 Å². The van der Waals surface area contributed by atoms with Gasteiger partial charge in [-0.2, -0.15) is 0 Å². The second-order valence-electron chi connectivity index (χ2n) is 12.8. The van der Waals surface area contributed by atoms with Crippen molar-refractivity contribution >= 4 is 41.4 Å². The van der Waals surface area contributed by atoms with Gasteiger partial charge in [-0.25, -0.2) is 0 Å². The molecule has 1 aliphatic carbocycles. The topological polar surface area (TPSA) is 199 Å². The van der Waals surface area contributed by atoms with Crippen LogP contribution in [0.3, 0.4) is 0 Å². The number of hydrogen-bond acceptors (Lipinski definition) is 10. The summed E-state index contributed by atoms with van der Waals surface area (Å²) in [6.45, 7) is 0.896. The molecule has 54 heavy (non-hydrogen) atoms. The first-order chi connectivity index (χ1) is 26.1. The normalized spacial score (nSPS) is 16.6. The van der Waals surface area contributed by atoms with Crippen molar-refractivity contribution < 1.29 is 47.8 Å². The molecule has 1 saturated carbocycles. The summed E-state index contributed by atoms with van der Waals surface area (Å²) in [5.41, 5.74) is 0.751. The van der Waals surface area contributed by atoms with Gasteiger partial charge in [0.05, 0.1) is 43.3 Å². The van der Waals surface area contributed by atoms with E-state index >= 15 is 0 Å². The first-order valence-corrected chi connectivity index (χ1v) is 17.6. The average Bonchev–Trinajstić information content (AvgIpc) is 3.96. The summed E-state index contributed by atoms with van der Waals surface area (Å²) in [7, 11) is 3.16. The summed E-state index contributed by atoms with van der Waals surface area (Å²) in [6, 6.07) is 20.4. The van der Waals surface area contributed by atoms with E-state index in [2.05, 4.69) is 21.3 Å². The zero-order valence-corrected chi connectivity index (χ0v) is 30.1. The molecule has 2 heterocycles. The van der Waals surface area contributed by atoms with Gasteiger partial charge in [0.25, 0.3) is 11.8 Å². The Labute approximate surface area is 312 Å². The lowest BCUT2D eigenvalue weighted by Gasteiger charge is -2.27. The molecule has 0 spiro atoms. The zero-order valence-electron chi connectivity index (χ0n) is 30.1. The third-order valence-electron chi connectivity index (χ3n) is 9.19. The summed E-state index contributed by atoms with van der Waals surface area (Å²) in [4.78, 5) is 85.7. The van der Waals surface area contributed by atoms with Crippen LogP contribution in [-0.2, 0) is 29.4 Å². The number of imide groups is 2. The van der Waals surface area contributed by atoms with Gasteiger partial charge < -0.3 is 30.2 Å². The SMILES string of the molecule is CNC(=O)CNC(=O)C1(c2ccc(OC)cc2)CC1.O=C(CCCOc1cccc2c1C(=O)N(C1CCC(=O)NC1=O)C2=O)NCCOc1ccccc1. The number of methoxy groups -OCH3 is 1. The Hall–Kier alpha value is -6.25. The van der Waals surface area contributed by atoms with Crippen LogP contribution in [0, 0.1) is 0 Å². The van der Waals surface area contributed by atoms with Crippen LogP contribution in [0.2, 0.25) is 0 Å². The van der Waals surface area contributed by atoms with E-state index in [-0.39, 0.29) is 67.0 Å². The van der Waals surface area contributed by atoms with E-state index < -0.39 is 35.1 Å². The van der Waals surface area contributed by atoms with E-state index in [9.17, 15) is 33.6 Å². The minimum atomic E-state index is -1.04. The van der Waals surface area contributed by atoms with Gasteiger partial charge in [-0.3, -0.25) is 43.8 Å². The number of nitrogens with zero attached hydrogens (tertiary/aromatic N) is 1. The average molecular weight is 742 g/mol. The van der Waals surface area contributed by atoms with Crippen molar-refractivity contribution in [3.8, 4) is 17.2 Å². The molecule has 3 aromatic rings. The Bertz CT molecular complexity index is 1880. The summed E-state index contributed by atoms with van der Waals surface area (Å²) >= 11 is 0. The fourth-order valence-corrected chi connectivity index (χ4v) is 6.08. The molecule has 0 aromatic heterocycles. The van der Waals surface area contributed by atoms with E-state index in [0.717, 1.165) is 34.8 Å². The van der Waals surface area contributed by atoms with Crippen LogP contribution in [-0.4, -0.2) is 92.8 Å². The largest absolute Gasteiger partial charge is 0.497 e. The maximum atomic E-state index is 13.0. The lowest BCUT2D eigenvalue weighted by Crippen LogP contribution is -2.54. The third-order valence-corrected chi connectivity index (χ3v) is 9.19. The number of hydrogen-bond donors (Lipinski definition) is 4. The molecule has 284 valence electrons. The van der Waals surface area contributed by atoms with Gasteiger partial charge in [0.2, 0.25) is 29.5 Å². The van der Waals surface area contributed by atoms with Gasteiger partial charge in [-0.15, -0.1) is 0 Å². The molecule has 3 aliphatic rings. The van der Waals surface area contributed by atoms with Crippen molar-refractivity contribution in [3.05, 3.63) is 89.5 Å². The number of ether oxygens (including phenoxy) is 3. The Morgan fingerprint density at radius 1 is 0.833 bits per heavy atom. The highest BCUT2D eigenvalue weighted by atomic mass is 16.5. The molecular formula is C39H43N5O10. The summed E-state index contributed by atoms with van der Waals surface area (Å²) in [5.74, 6) is -1.04. The van der Waals surface area contributed by atoms with Gasteiger partial charge in [0.1, 0.15) is 29.9 Å². The Kier molecular flexibility index (Phi) is 13.0. The predicted octanol–water partition coefficient (Wildman–Crippen LogP) is 2.03. The first kappa shape index (κ1) is 39.0. The van der Waals surface area contributed by atoms with Gasteiger partial charge >= 0.3 is 0 Å². The number of carbonyl (C=O) groups excluding carboxylic acids is 7. The van der Waals surface area contributed by atoms with Crippen molar-refractivity contribution in [1.29, 1.82) is 0 Å². The first-order valence-electron chi connectivity index (χ1n) is 17.6. The minimum Gasteiger partial charge on any atom is -0.497 e. The molecule has 0 bridgehead atoms. The van der Waals surface area contributed by atoms with Crippen LogP contribution < -0.4 is 35.5 Å². The Morgan fingerprint density at radius 3 is 2.24 bits per heavy atom. The molecule has 1 unspecified atom stereocenters. The molecule has 0 radical (unpaired) electrons. The van der Waals surface area contributed by atoms with Crippen LogP contribution in [0.4, 0.5) is 0 Å². The summed E-state index contributed by atoms with van der Waals surface area (Å²) < 4.78 is 16.3. The number of fused-ring (bicyclic) bond motifs is 1. The molecule has 1 saturated heterocycles. The molecule has 4 N–H and O–H groups in total. The predicted molar refractivity (Wildman–Crippen MR) is 194 cm³/mol. The quantitative estimate of drug-likeness (QED) is 0.132. The molecule has 6 rings (SSSR count). The lowest BCUT2D eigenvalue weighted by molar-refractivity contribution is -0.136. The second kappa shape index (κ2) is 18.0. The third kappa shape index (κ3) is 9.40. The number of carbonyl (C=O) groups is 7. The second-order valence-corrected chi connectivity index (χ2v) is 12.8. The van der Waals surface area contributed by atoms with E-state index in [1.165, 1.54) is 6.07 Å². The molecule has 2 aliphatic heterocycles. The maximum absolute atomic E-state index is 13.0. The molecular weight excluding hydrogens is 698 g/mol. The van der Waals surface area contributed by atoms with Crippen LogP contribution in [0.25, 0.3) is 0 Å². The number of benzene rings is 3. The van der Waals surface area contributed by atoms with Crippen molar-refractivity contribution in [1.82, 2.24) is 26.2 Å². The van der Waals surface area contributed by atoms with Gasteiger partial charge in [0, 0.05) is 19.9 Å². The molecule has 2 fully saturated rings. The number of para-hydroxylation sites is 1. The maximum Gasteiger partial charge on any atom is 0.266 e. The molecule has 7 amide bonds. The van der Waals surface area contributed by atoms with Crippen molar-refractivity contribution in [2.45, 2.75) is 50.0 Å². The number of likely N-dealkylation sites (N-methyl/N-ethyl adjacent to an activating group) is 1. The summed E-state index contributed by atoms with van der Waals surface area (Å²) in [6.07, 6.45) is 2.38. The highest BCUT2D eigenvalue weighted by Crippen LogP contribution is 2.48. The van der Waals surface area contributed by atoms with Crippen LogP contribution in [0.1, 0.15) is 64.8 Å². The summed E-state index contributed by atoms with van der Waals surface area (Å²) in [5, 5.41) is 10.1. The minimum absolute atomic E-state index is 0.0211. The number of amides is 7. The monoisotopic (exact) mass is 741 g/mol. The van der Waals surface area contributed by atoms with Crippen molar-refractivity contribution in [2.24, 2.45) is 0 Å². The van der Waals surface area contributed by atoms with Crippen LogP contribution >= 0.6 is 0 Å². The molecule has 15 nitrogen and oxygen atoms in total. The van der Waals surface area contributed by atoms with Crippen LogP contribution in [0.15, 0.2) is 72.8 Å². The van der Waals surface area contributed by atoms with E-state index in [1.807, 2.05) is 54.6 Å². The highest BCUT2D eigenvalue weighted by molar-refractivity contribution is 6.24. The molecule has 1 atom stereocenters. The standard InChI is InChI=1S/C25H25N3O7.C14H18N2O3/c29-20(26-13-15-34-16-6-2-1-3-7-16)10-5-14-35-19-9-4-8-17-22(19)25(33)28(24(17)32)18-11-12-21(30)27-23(18)31;1-15-12(17)9-16-13(18)14(7-8-14)10-3-5-11(19-2)6-4-10/h1-4,6-9,18H,5,10-15H2,(H,26,29)(H,27,30,31);3-6H,7-9H2,1-2H3,(H,15,17)(H,16,18). The van der Waals surface area contributed by atoms with Crippen molar-refractivity contribution in [2.75, 3.05) is 40.5 Å². The number of rotatable bonds is 15. The van der Waals surface area contributed by atoms with Crippen molar-refractivity contribution in [3.63, 3.8) is 0 Å². The van der Waals surface area contributed by atoms with Gasteiger partial charge in [0.15, 0.2) is 0 Å². The number of piperidine rings is 1. The fraction of sp³-hybridized carbons (Fsp3) is 0.359. The smallest absolute Gasteiger partial charge is 0.266 e. The zero-order chi connectivity index (χ0) is 38.7.